The van der Waals surface area contributed by atoms with Gasteiger partial charge in [-0.15, -0.1) is 0 Å². The van der Waals surface area contributed by atoms with Gasteiger partial charge in [-0.25, -0.2) is 22.0 Å². The van der Waals surface area contributed by atoms with Crippen molar-refractivity contribution in [2.75, 3.05) is 16.8 Å². The lowest BCUT2D eigenvalue weighted by Gasteiger charge is -2.26. The van der Waals surface area contributed by atoms with Crippen molar-refractivity contribution < 1.29 is 31.5 Å². The fourth-order valence-electron chi connectivity index (χ4n) is 3.86. The Hall–Kier alpha value is -4.08. The lowest BCUT2D eigenvalue weighted by atomic mass is 9.92. The minimum Gasteiger partial charge on any atom is -0.322 e. The lowest BCUT2D eigenvalue weighted by molar-refractivity contribution is -0.132. The minimum atomic E-state index is -4.14. The maximum Gasteiger partial charge on any atom is 0.282 e. The van der Waals surface area contributed by atoms with E-state index in [1.165, 1.54) is 30.9 Å². The number of nitrogens with one attached hydrogen (secondary N) is 2. The van der Waals surface area contributed by atoms with Crippen LogP contribution in [0.2, 0.25) is 0 Å². The molecular weight excluding hydrogens is 493 g/mol. The molecule has 2 N–H and O–H groups in total. The van der Waals surface area contributed by atoms with E-state index in [0.29, 0.717) is 11.3 Å². The molecule has 0 atom stereocenters. The number of anilines is 2. The van der Waals surface area contributed by atoms with Crippen molar-refractivity contribution >= 4 is 29.4 Å². The number of alkyl halides is 5. The molecule has 0 saturated heterocycles. The predicted octanol–water partition coefficient (Wildman–Crippen LogP) is 6.55. The first kappa shape index (κ1) is 27.5. The molecule has 0 aliphatic heterocycles. The number of hydrogen-bond donors (Lipinski definition) is 2. The average Bonchev–Trinajstić information content (AvgIpc) is 2.88. The van der Waals surface area contributed by atoms with Gasteiger partial charge in [-0.2, -0.15) is 0 Å². The lowest BCUT2D eigenvalue weighted by Crippen LogP contribution is -2.37. The van der Waals surface area contributed by atoms with Gasteiger partial charge in [-0.05, 0) is 55.3 Å². The van der Waals surface area contributed by atoms with Gasteiger partial charge in [0.25, 0.3) is 30.3 Å². The summed E-state index contributed by atoms with van der Waals surface area (Å²) in [6.07, 6.45) is -6.85. The van der Waals surface area contributed by atoms with Crippen molar-refractivity contribution in [3.05, 3.63) is 94.5 Å². The van der Waals surface area contributed by atoms with E-state index < -0.39 is 30.0 Å². The van der Waals surface area contributed by atoms with Gasteiger partial charge in [0.05, 0.1) is 6.54 Å². The molecule has 0 heterocycles. The number of aryl methyl sites for hydroxylation is 2. The highest BCUT2D eigenvalue weighted by Gasteiger charge is 2.51. The maximum absolute atomic E-state index is 14.5. The van der Waals surface area contributed by atoms with Gasteiger partial charge in [0.15, 0.2) is 0 Å². The predicted molar refractivity (Wildman–Crippen MR) is 132 cm³/mol. The molecule has 0 saturated carbocycles. The van der Waals surface area contributed by atoms with Crippen molar-refractivity contribution in [1.29, 1.82) is 5.41 Å². The summed E-state index contributed by atoms with van der Waals surface area (Å²) in [6, 6.07) is 16.2. The van der Waals surface area contributed by atoms with Gasteiger partial charge in [0.1, 0.15) is 0 Å². The van der Waals surface area contributed by atoms with Crippen LogP contribution in [0.25, 0.3) is 0 Å². The number of carbonyl (C=O) groups excluding carboxylic acids is 2. The van der Waals surface area contributed by atoms with E-state index in [4.69, 9.17) is 5.41 Å². The Morgan fingerprint density at radius 2 is 1.49 bits per heavy atom. The number of nitrogens with zero attached hydrogens (tertiary/aromatic N) is 1. The molecule has 0 aromatic heterocycles. The highest BCUT2D eigenvalue weighted by Crippen LogP contribution is 2.41. The Balaban J connectivity index is 1.91. The molecule has 5 nitrogen and oxygen atoms in total. The Morgan fingerprint density at radius 1 is 0.919 bits per heavy atom. The summed E-state index contributed by atoms with van der Waals surface area (Å²) in [4.78, 5) is 27.3. The molecule has 3 aromatic carbocycles. The molecule has 0 fully saturated rings. The Morgan fingerprint density at radius 3 is 2.03 bits per heavy atom. The summed E-state index contributed by atoms with van der Waals surface area (Å²) in [6.45, 7) is 2.71. The quantitative estimate of drug-likeness (QED) is 0.250. The number of benzene rings is 3. The van der Waals surface area contributed by atoms with E-state index in [2.05, 4.69) is 5.32 Å². The third-order valence-corrected chi connectivity index (χ3v) is 5.81. The Bertz CT molecular complexity index is 1270. The van der Waals surface area contributed by atoms with Crippen LogP contribution in [0.15, 0.2) is 66.7 Å². The SMILES string of the molecule is Cc1cc(C(F)(C(F)F)C(F)F)cc(C)c1NC(=O)c1cccc(N(CC=N)C(=O)c2ccccc2)c1. The van der Waals surface area contributed by atoms with Gasteiger partial charge >= 0.3 is 0 Å². The Labute approximate surface area is 210 Å². The van der Waals surface area contributed by atoms with Crippen LogP contribution in [0, 0.1) is 19.3 Å². The van der Waals surface area contributed by atoms with E-state index in [1.54, 1.807) is 42.5 Å². The number of halogens is 5. The average molecular weight is 517 g/mol. The second kappa shape index (κ2) is 11.3. The van der Waals surface area contributed by atoms with Crippen LogP contribution < -0.4 is 10.2 Å². The third-order valence-electron chi connectivity index (χ3n) is 5.81. The molecule has 2 amide bonds. The molecule has 10 heteroatoms. The summed E-state index contributed by atoms with van der Waals surface area (Å²) in [5, 5.41) is 10.1. The molecule has 0 aliphatic rings. The van der Waals surface area contributed by atoms with E-state index in [1.807, 2.05) is 0 Å². The van der Waals surface area contributed by atoms with Crippen LogP contribution in [0.1, 0.15) is 37.4 Å². The van der Waals surface area contributed by atoms with E-state index in [0.717, 1.165) is 18.3 Å². The zero-order chi connectivity index (χ0) is 27.3. The topological polar surface area (TPSA) is 73.3 Å². The standard InChI is InChI=1S/C27H24F5N3O2/c1-16-13-20(27(32,25(28)29)26(30)31)14-17(2)22(16)34-23(36)19-9-6-10-21(15-19)35(12-11-33)24(37)18-7-4-3-5-8-18/h3-11,13-15,25-26,33H,12H2,1-2H3,(H,34,36). The number of hydrogen-bond acceptors (Lipinski definition) is 3. The van der Waals surface area contributed by atoms with Gasteiger partial charge in [0, 0.05) is 34.3 Å². The molecule has 37 heavy (non-hydrogen) atoms. The fraction of sp³-hybridized carbons (Fsp3) is 0.222. The molecule has 3 aromatic rings. The highest BCUT2D eigenvalue weighted by atomic mass is 19.3. The summed E-state index contributed by atoms with van der Waals surface area (Å²) >= 11 is 0. The molecule has 194 valence electrons. The largest absolute Gasteiger partial charge is 0.322 e. The Kier molecular flexibility index (Phi) is 8.42. The van der Waals surface area contributed by atoms with Crippen LogP contribution in [0.4, 0.5) is 33.3 Å². The van der Waals surface area contributed by atoms with Gasteiger partial charge in [0.2, 0.25) is 0 Å². The first-order chi connectivity index (χ1) is 17.5. The van der Waals surface area contributed by atoms with Gasteiger partial charge in [-0.3, -0.25) is 9.59 Å². The fourth-order valence-corrected chi connectivity index (χ4v) is 3.86. The molecular formula is C27H24F5N3O2. The highest BCUT2D eigenvalue weighted by molar-refractivity contribution is 6.09. The summed E-state index contributed by atoms with van der Waals surface area (Å²) in [5.74, 6) is -1.01. The van der Waals surface area contributed by atoms with Crippen LogP contribution in [-0.4, -0.2) is 37.4 Å². The summed E-state index contributed by atoms with van der Waals surface area (Å²) < 4.78 is 67.2. The van der Waals surface area contributed by atoms with Crippen molar-refractivity contribution in [2.45, 2.75) is 32.4 Å². The van der Waals surface area contributed by atoms with Crippen LogP contribution in [0.5, 0.6) is 0 Å². The van der Waals surface area contributed by atoms with E-state index >= 15 is 0 Å². The first-order valence-corrected chi connectivity index (χ1v) is 11.1. The molecule has 3 rings (SSSR count). The minimum absolute atomic E-state index is 0.0439. The smallest absolute Gasteiger partial charge is 0.282 e. The first-order valence-electron chi connectivity index (χ1n) is 11.1. The molecule has 0 spiro atoms. The normalized spacial score (nSPS) is 11.5. The summed E-state index contributed by atoms with van der Waals surface area (Å²) in [5.41, 5.74) is -3.75. The van der Waals surface area contributed by atoms with Crippen LogP contribution in [-0.2, 0) is 5.67 Å². The van der Waals surface area contributed by atoms with Gasteiger partial charge in [-0.1, -0.05) is 36.4 Å². The number of carbonyl (C=O) groups is 2. The zero-order valence-corrected chi connectivity index (χ0v) is 19.9. The van der Waals surface area contributed by atoms with E-state index in [9.17, 15) is 31.5 Å². The number of rotatable bonds is 9. The number of amides is 2. The maximum atomic E-state index is 14.5. The molecule has 0 bridgehead atoms. The van der Waals surface area contributed by atoms with Gasteiger partial charge < -0.3 is 15.6 Å². The van der Waals surface area contributed by atoms with E-state index in [-0.39, 0.29) is 34.8 Å². The summed E-state index contributed by atoms with van der Waals surface area (Å²) in [7, 11) is 0. The zero-order valence-electron chi connectivity index (χ0n) is 19.9. The second-order valence-electron chi connectivity index (χ2n) is 8.34. The monoisotopic (exact) mass is 517 g/mol. The van der Waals surface area contributed by atoms with Crippen molar-refractivity contribution in [3.63, 3.8) is 0 Å². The second-order valence-corrected chi connectivity index (χ2v) is 8.34. The molecule has 0 unspecified atom stereocenters. The van der Waals surface area contributed by atoms with Crippen LogP contribution >= 0.6 is 0 Å². The molecule has 0 aliphatic carbocycles. The third kappa shape index (κ3) is 5.68. The van der Waals surface area contributed by atoms with Crippen LogP contribution in [0.3, 0.4) is 0 Å². The molecule has 0 radical (unpaired) electrons. The van der Waals surface area contributed by atoms with Crippen molar-refractivity contribution in [3.8, 4) is 0 Å². The van der Waals surface area contributed by atoms with Crippen molar-refractivity contribution in [1.82, 2.24) is 0 Å². The van der Waals surface area contributed by atoms with Crippen molar-refractivity contribution in [2.24, 2.45) is 0 Å².